The summed E-state index contributed by atoms with van der Waals surface area (Å²) in [6.45, 7) is 16.1. The number of fused-ring (bicyclic) bond motifs is 4. The number of carbonyl (C=O) groups is 2. The van der Waals surface area contributed by atoms with Gasteiger partial charge in [0, 0.05) is 18.9 Å². The smallest absolute Gasteiger partial charge is 0.397 e. The summed E-state index contributed by atoms with van der Waals surface area (Å²) in [5, 5.41) is 88.2. The molecule has 0 aromatic rings. The van der Waals surface area contributed by atoms with Gasteiger partial charge in [-0.25, -0.2) is 4.18 Å². The molecule has 444 valence electrons. The van der Waals surface area contributed by atoms with Crippen LogP contribution < -0.4 is 0 Å². The molecule has 9 aliphatic rings. The Kier molecular flexibility index (Phi) is 17.1. The van der Waals surface area contributed by atoms with Crippen LogP contribution in [0.25, 0.3) is 0 Å². The molecule has 4 aliphatic carbocycles. The van der Waals surface area contributed by atoms with E-state index in [2.05, 4.69) is 40.3 Å². The van der Waals surface area contributed by atoms with Crippen LogP contribution in [0, 0.1) is 39.4 Å². The standard InChI is InChI=1S/C53H82O24S/c1-23(2)11-10-16-52(8)43-27(55)19-51(7)26-12-13-31-49(4,5)32(15-17-50(31,6)25(26)14-18-53(43,51)48(63)76-52)72-47-42(34(58)30(22-69-47)77-78(64,65)66)75-45-36(60)35(59)39(24(3)70-45)73-44-37(61)40(28(56)21-68-44)74-46-38(62)41(67-9)33(57)29(20-54)71-46/h12,24-25,28-47,54,56-62H,1,10-11,13-22H2,2-9H3,(H,64,65,66)/t24-,25-,28-,29-,30-,31?,32+,33-,34+,35-,36-,37-,38-,39-,40+,41+,42-,43-,44+,45+,46+,47+,50-,51+,52+,53-/m1/s1. The summed E-state index contributed by atoms with van der Waals surface area (Å²) in [6, 6.07) is 0. The molecule has 0 radical (unpaired) electrons. The largest absolute Gasteiger partial charge is 0.458 e. The van der Waals surface area contributed by atoms with Gasteiger partial charge in [-0.2, -0.15) is 8.42 Å². The number of aliphatic hydroxyl groups is 8. The van der Waals surface area contributed by atoms with E-state index >= 15 is 0 Å². The number of esters is 1. The van der Waals surface area contributed by atoms with Crippen LogP contribution >= 0.6 is 0 Å². The van der Waals surface area contributed by atoms with Crippen molar-refractivity contribution >= 4 is 22.2 Å². The summed E-state index contributed by atoms with van der Waals surface area (Å²) in [7, 11) is -3.94. The van der Waals surface area contributed by atoms with Gasteiger partial charge in [0.15, 0.2) is 25.2 Å². The van der Waals surface area contributed by atoms with Gasteiger partial charge in [0.1, 0.15) is 90.7 Å². The van der Waals surface area contributed by atoms with E-state index in [1.54, 1.807) is 0 Å². The third-order valence-corrected chi connectivity index (χ3v) is 20.2. The average Bonchev–Trinajstić information content (AvgIpc) is 3.04. The number of ether oxygens (including phenoxy) is 10. The highest BCUT2D eigenvalue weighted by atomic mass is 32.3. The molecule has 3 saturated carbocycles. The molecule has 0 amide bonds. The molecule has 26 atom stereocenters. The number of allylic oxidation sites excluding steroid dienone is 3. The van der Waals surface area contributed by atoms with Gasteiger partial charge in [-0.1, -0.05) is 44.9 Å². The lowest BCUT2D eigenvalue weighted by molar-refractivity contribution is -0.382. The van der Waals surface area contributed by atoms with Crippen LogP contribution in [0.15, 0.2) is 23.8 Å². The fourth-order valence-electron chi connectivity index (χ4n) is 15.8. The van der Waals surface area contributed by atoms with Crippen molar-refractivity contribution in [3.8, 4) is 0 Å². The van der Waals surface area contributed by atoms with E-state index in [-0.39, 0.29) is 35.4 Å². The Morgan fingerprint density at radius 1 is 0.782 bits per heavy atom. The first-order valence-corrected chi connectivity index (χ1v) is 28.7. The Morgan fingerprint density at radius 2 is 1.44 bits per heavy atom. The van der Waals surface area contributed by atoms with Crippen molar-refractivity contribution in [1.82, 2.24) is 0 Å². The maximum atomic E-state index is 14.4. The first-order valence-electron chi connectivity index (χ1n) is 27.3. The Balaban J connectivity index is 0.894. The molecule has 24 nitrogen and oxygen atoms in total. The number of carbonyl (C=O) groups excluding carboxylic acids is 2. The zero-order valence-corrected chi connectivity index (χ0v) is 46.3. The summed E-state index contributed by atoms with van der Waals surface area (Å²) >= 11 is 0. The second-order valence-corrected chi connectivity index (χ2v) is 25.9. The molecule has 1 unspecified atom stereocenters. The predicted molar refractivity (Wildman–Crippen MR) is 265 cm³/mol. The van der Waals surface area contributed by atoms with Crippen LogP contribution in [0.3, 0.4) is 0 Å². The predicted octanol–water partition coefficient (Wildman–Crippen LogP) is 0.257. The highest BCUT2D eigenvalue weighted by Crippen LogP contribution is 2.75. The Labute approximate surface area is 454 Å². The molecular weight excluding hydrogens is 1050 g/mol. The van der Waals surface area contributed by atoms with Crippen LogP contribution in [0.2, 0.25) is 0 Å². The topological polar surface area (TPSA) is 352 Å². The third-order valence-electron chi connectivity index (χ3n) is 19.7. The van der Waals surface area contributed by atoms with E-state index in [4.69, 9.17) is 51.6 Å². The molecule has 1 spiro atoms. The summed E-state index contributed by atoms with van der Waals surface area (Å²) in [5.41, 5.74) is -1.36. The van der Waals surface area contributed by atoms with Crippen LogP contribution in [0.1, 0.15) is 106 Å². The lowest BCUT2D eigenvalue weighted by atomic mass is 9.41. The number of hydrogen-bond donors (Lipinski definition) is 9. The first kappa shape index (κ1) is 60.4. The van der Waals surface area contributed by atoms with Crippen molar-refractivity contribution < 1.29 is 115 Å². The highest BCUT2D eigenvalue weighted by Gasteiger charge is 2.79. The number of ketones is 1. The zero-order valence-electron chi connectivity index (χ0n) is 45.5. The lowest BCUT2D eigenvalue weighted by Crippen LogP contribution is -2.65. The van der Waals surface area contributed by atoms with Crippen LogP contribution in [-0.4, -0.2) is 215 Å². The van der Waals surface area contributed by atoms with E-state index in [9.17, 15) is 63.4 Å². The molecule has 0 aromatic carbocycles. The van der Waals surface area contributed by atoms with Crippen molar-refractivity contribution in [1.29, 1.82) is 0 Å². The molecule has 25 heteroatoms. The second kappa shape index (κ2) is 22.1. The van der Waals surface area contributed by atoms with Crippen molar-refractivity contribution in [2.24, 2.45) is 39.4 Å². The minimum atomic E-state index is -5.15. The molecule has 78 heavy (non-hydrogen) atoms. The third kappa shape index (κ3) is 10.2. The first-order chi connectivity index (χ1) is 36.5. The Hall–Kier alpha value is -2.19. The number of rotatable bonds is 16. The van der Waals surface area contributed by atoms with Gasteiger partial charge < -0.3 is 88.2 Å². The fraction of sp³-hybridized carbons (Fsp3) is 0.887. The van der Waals surface area contributed by atoms with E-state index in [0.29, 0.717) is 38.5 Å². The SMILES string of the molecule is C=C(C)CCC[C@]1(C)OC(=O)[C@]23CC[C@@H]4C(=CCC5C(C)(C)[C@@H](O[C@@H]6OC[C@@H](OS(=O)(=O)O)[C@H](O)[C@H]6O[C@@H]6O[C@H](C)[C@@H](O[C@@H]7OC[C@@H](O)[C@H](O[C@@H]8O[C@H](CO)[C@@H](O)[C@H](OC)[C@H]8O)[C@H]7O)[C@H](O)[C@H]6O)CC[C@@]54C)[C@]2(C)CC(=O)[C@@H]31. The van der Waals surface area contributed by atoms with Crippen molar-refractivity contribution in [3.05, 3.63) is 23.8 Å². The van der Waals surface area contributed by atoms with Crippen molar-refractivity contribution in [2.45, 2.75) is 229 Å². The fourth-order valence-corrected chi connectivity index (χ4v) is 16.3. The normalized spacial score (nSPS) is 50.2. The molecule has 5 saturated heterocycles. The summed E-state index contributed by atoms with van der Waals surface area (Å²) in [6.07, 6.45) is -22.0. The Morgan fingerprint density at radius 3 is 2.10 bits per heavy atom. The number of hydrogen-bond acceptors (Lipinski definition) is 23. The average molecular weight is 1140 g/mol. The van der Waals surface area contributed by atoms with Crippen LogP contribution in [-0.2, 0) is 71.5 Å². The lowest BCUT2D eigenvalue weighted by Gasteiger charge is -2.63. The minimum Gasteiger partial charge on any atom is -0.458 e. The molecule has 8 fully saturated rings. The van der Waals surface area contributed by atoms with Gasteiger partial charge in [0.2, 0.25) is 0 Å². The molecule has 9 rings (SSSR count). The molecule has 9 N–H and O–H groups in total. The minimum absolute atomic E-state index is 0.00877. The van der Waals surface area contributed by atoms with Gasteiger partial charge in [-0.15, -0.1) is 6.58 Å². The molecular formula is C53H82O24S. The van der Waals surface area contributed by atoms with E-state index in [1.807, 2.05) is 13.8 Å². The summed E-state index contributed by atoms with van der Waals surface area (Å²) in [5.74, 6) is -0.736. The van der Waals surface area contributed by atoms with Gasteiger partial charge in [0.05, 0.1) is 43.4 Å². The van der Waals surface area contributed by atoms with E-state index in [0.717, 1.165) is 24.0 Å². The molecule has 5 heterocycles. The van der Waals surface area contributed by atoms with Crippen molar-refractivity contribution in [2.75, 3.05) is 26.9 Å². The monoisotopic (exact) mass is 1130 g/mol. The maximum absolute atomic E-state index is 14.4. The molecule has 5 aliphatic heterocycles. The second-order valence-electron chi connectivity index (χ2n) is 24.8. The zero-order chi connectivity index (χ0) is 57.0. The van der Waals surface area contributed by atoms with E-state index < -0.39 is 175 Å². The molecule has 0 bridgehead atoms. The number of Topliss-reactive ketones (excluding diaryl/α,β-unsaturated/α-hetero) is 1. The summed E-state index contributed by atoms with van der Waals surface area (Å²) in [4.78, 5) is 28.7. The highest BCUT2D eigenvalue weighted by molar-refractivity contribution is 7.80. The van der Waals surface area contributed by atoms with E-state index in [1.165, 1.54) is 14.0 Å². The Bertz CT molecular complexity index is 2370. The van der Waals surface area contributed by atoms with Gasteiger partial charge in [0.25, 0.3) is 0 Å². The van der Waals surface area contributed by atoms with Gasteiger partial charge in [-0.05, 0) is 94.8 Å². The van der Waals surface area contributed by atoms with Gasteiger partial charge in [-0.3, -0.25) is 14.1 Å². The van der Waals surface area contributed by atoms with Crippen LogP contribution in [0.4, 0.5) is 0 Å². The molecule has 0 aromatic heterocycles. The van der Waals surface area contributed by atoms with Crippen molar-refractivity contribution in [3.63, 3.8) is 0 Å². The van der Waals surface area contributed by atoms with Gasteiger partial charge >= 0.3 is 16.4 Å². The van der Waals surface area contributed by atoms with Crippen LogP contribution in [0.5, 0.6) is 0 Å². The number of methoxy groups -OCH3 is 1. The summed E-state index contributed by atoms with van der Waals surface area (Å²) < 4.78 is 97.7. The quantitative estimate of drug-likeness (QED) is 0.0568. The number of aliphatic hydroxyl groups excluding tert-OH is 8. The number of cyclic esters (lactones) is 1. The maximum Gasteiger partial charge on any atom is 0.397 e.